The lowest BCUT2D eigenvalue weighted by Crippen LogP contribution is -2.37. The maximum atomic E-state index is 14.3. The predicted molar refractivity (Wildman–Crippen MR) is 186 cm³/mol. The molecule has 3 aliphatic rings. The highest BCUT2D eigenvalue weighted by Crippen LogP contribution is 2.32. The number of pyridine rings is 2. The van der Waals surface area contributed by atoms with Gasteiger partial charge in [0.25, 0.3) is 5.56 Å². The number of hydrogen-bond donors (Lipinski definition) is 1. The topological polar surface area (TPSA) is 97.6 Å². The summed E-state index contributed by atoms with van der Waals surface area (Å²) in [5.41, 5.74) is 4.93. The van der Waals surface area contributed by atoms with E-state index in [0.717, 1.165) is 86.4 Å². The lowest BCUT2D eigenvalue weighted by molar-refractivity contribution is 0.114. The second-order valence-electron chi connectivity index (χ2n) is 13.8. The van der Waals surface area contributed by atoms with Crippen LogP contribution in [0.3, 0.4) is 0 Å². The van der Waals surface area contributed by atoms with Crippen molar-refractivity contribution in [1.29, 1.82) is 0 Å². The maximum absolute atomic E-state index is 14.3. The van der Waals surface area contributed by atoms with Crippen molar-refractivity contribution in [2.75, 3.05) is 51.8 Å². The summed E-state index contributed by atoms with van der Waals surface area (Å²) in [5, 5.41) is 4.12. The van der Waals surface area contributed by atoms with E-state index in [1.54, 1.807) is 10.8 Å². The maximum Gasteiger partial charge on any atom is 0.262 e. The summed E-state index contributed by atoms with van der Waals surface area (Å²) in [7, 11) is 2.15. The molecule has 0 amide bonds. The molecule has 10 nitrogen and oxygen atoms in total. The third-order valence-corrected chi connectivity index (χ3v) is 10.2. The van der Waals surface area contributed by atoms with Crippen LogP contribution >= 0.6 is 0 Å². The molecule has 10 heteroatoms. The Morgan fingerprint density at radius 3 is 2.40 bits per heavy atom. The van der Waals surface area contributed by atoms with Crippen LogP contribution in [0.2, 0.25) is 0 Å². The molecule has 7 rings (SSSR count). The van der Waals surface area contributed by atoms with Crippen LogP contribution in [0.5, 0.6) is 5.75 Å². The van der Waals surface area contributed by atoms with Crippen LogP contribution in [0.1, 0.15) is 69.0 Å². The van der Waals surface area contributed by atoms with Gasteiger partial charge in [-0.05, 0) is 120 Å². The lowest BCUT2D eigenvalue weighted by atomic mass is 9.89. The van der Waals surface area contributed by atoms with Crippen molar-refractivity contribution in [3.8, 4) is 17.0 Å². The van der Waals surface area contributed by atoms with Gasteiger partial charge in [-0.25, -0.2) is 4.98 Å². The van der Waals surface area contributed by atoms with E-state index in [0.29, 0.717) is 42.3 Å². The Hall–Kier alpha value is -3.86. The lowest BCUT2D eigenvalue weighted by Gasteiger charge is -2.34. The summed E-state index contributed by atoms with van der Waals surface area (Å²) in [6.07, 6.45) is 9.12. The number of aromatic nitrogens is 4. The second kappa shape index (κ2) is 13.7. The summed E-state index contributed by atoms with van der Waals surface area (Å²) >= 11 is 0. The minimum Gasteiger partial charge on any atom is -0.490 e. The molecule has 0 spiro atoms. The van der Waals surface area contributed by atoms with Gasteiger partial charge in [-0.2, -0.15) is 4.98 Å². The van der Waals surface area contributed by atoms with Crippen LogP contribution in [0.25, 0.3) is 22.3 Å². The van der Waals surface area contributed by atoms with Gasteiger partial charge in [0.15, 0.2) is 0 Å². The van der Waals surface area contributed by atoms with Crippen molar-refractivity contribution in [2.24, 2.45) is 0 Å². The van der Waals surface area contributed by atoms with Crippen molar-refractivity contribution in [2.45, 2.75) is 77.0 Å². The van der Waals surface area contributed by atoms with Crippen molar-refractivity contribution >= 4 is 22.7 Å². The number of fused-ring (bicyclic) bond motifs is 1. The van der Waals surface area contributed by atoms with Gasteiger partial charge in [0, 0.05) is 49.2 Å². The second-order valence-corrected chi connectivity index (χ2v) is 13.8. The molecule has 248 valence electrons. The Morgan fingerprint density at radius 1 is 0.957 bits per heavy atom. The molecule has 0 bridgehead atoms. The molecule has 1 unspecified atom stereocenters. The van der Waals surface area contributed by atoms with Gasteiger partial charge in [-0.15, -0.1) is 0 Å². The average Bonchev–Trinajstić information content (AvgIpc) is 3.61. The molecule has 47 heavy (non-hydrogen) atoms. The molecule has 3 aromatic heterocycles. The molecule has 1 N–H and O–H groups in total. The smallest absolute Gasteiger partial charge is 0.262 e. The zero-order chi connectivity index (χ0) is 32.5. The van der Waals surface area contributed by atoms with Gasteiger partial charge < -0.3 is 24.6 Å². The molecule has 0 aliphatic carbocycles. The largest absolute Gasteiger partial charge is 0.490 e. The normalized spacial score (nSPS) is 20.3. The first-order chi connectivity index (χ1) is 22.8. The van der Waals surface area contributed by atoms with E-state index in [1.807, 2.05) is 36.5 Å². The summed E-state index contributed by atoms with van der Waals surface area (Å²) in [5.74, 6) is 1.79. The summed E-state index contributed by atoms with van der Waals surface area (Å²) in [6, 6.07) is 12.5. The predicted octanol–water partition coefficient (Wildman–Crippen LogP) is 5.93. The molecule has 6 heterocycles. The number of hydrogen-bond acceptors (Lipinski definition) is 9. The first kappa shape index (κ1) is 31.7. The highest BCUT2D eigenvalue weighted by Gasteiger charge is 2.26. The fourth-order valence-corrected chi connectivity index (χ4v) is 7.31. The van der Waals surface area contributed by atoms with E-state index < -0.39 is 0 Å². The highest BCUT2D eigenvalue weighted by atomic mass is 16.5. The molecule has 1 atom stereocenters. The van der Waals surface area contributed by atoms with E-state index in [9.17, 15) is 4.79 Å². The van der Waals surface area contributed by atoms with Crippen molar-refractivity contribution in [3.63, 3.8) is 0 Å². The number of likely N-dealkylation sites (tertiary alicyclic amines) is 2. The number of piperidine rings is 2. The number of nitrogens with one attached hydrogen (secondary N) is 1. The molecule has 3 aliphatic heterocycles. The number of aryl methyl sites for hydroxylation is 1. The number of rotatable bonds is 8. The van der Waals surface area contributed by atoms with Gasteiger partial charge >= 0.3 is 0 Å². The molecular weight excluding hydrogens is 590 g/mol. The average molecular weight is 638 g/mol. The SMILES string of the molecule is Cc1cc(C2CCN(C(C)C)CC2)cnc1-c1cc2cnc(Nc3ccc(OC4CCN(C)CC4)cc3)nc2n(C2CCOC2)c1=O. The number of nitrogens with zero attached hydrogens (tertiary/aromatic N) is 6. The van der Waals surface area contributed by atoms with Gasteiger partial charge in [-0.1, -0.05) is 6.07 Å². The summed E-state index contributed by atoms with van der Waals surface area (Å²) < 4.78 is 13.8. The standard InChI is InChI=1S/C37H47N7O3/c1-24(2)43-16-9-26(10-17-43)27-19-25(3)34(38-21-27)33-20-28-22-39-37(41-35(28)44(36(33)45)30-13-18-46-23-30)40-29-5-7-31(8-6-29)47-32-11-14-42(4)15-12-32/h5-8,19-22,24,26,30,32H,9-18,23H2,1-4H3,(H,39,40,41). The summed E-state index contributed by atoms with van der Waals surface area (Å²) in [4.78, 5) is 33.6. The van der Waals surface area contributed by atoms with Crippen LogP contribution in [0.4, 0.5) is 11.6 Å². The number of ether oxygens (including phenoxy) is 2. The molecule has 1 aromatic carbocycles. The minimum atomic E-state index is -0.102. The highest BCUT2D eigenvalue weighted by molar-refractivity contribution is 5.82. The van der Waals surface area contributed by atoms with Gasteiger partial charge in [0.05, 0.1) is 23.9 Å². The Morgan fingerprint density at radius 2 is 1.72 bits per heavy atom. The Kier molecular flexibility index (Phi) is 9.25. The van der Waals surface area contributed by atoms with Crippen molar-refractivity contribution in [3.05, 3.63) is 70.3 Å². The van der Waals surface area contributed by atoms with E-state index in [1.165, 1.54) is 5.56 Å². The molecule has 0 saturated carbocycles. The first-order valence-corrected chi connectivity index (χ1v) is 17.3. The van der Waals surface area contributed by atoms with Gasteiger partial charge in [0.1, 0.15) is 17.5 Å². The molecule has 4 aromatic rings. The molecule has 3 fully saturated rings. The third kappa shape index (κ3) is 6.91. The van der Waals surface area contributed by atoms with Crippen molar-refractivity contribution < 1.29 is 9.47 Å². The van der Waals surface area contributed by atoms with Crippen LogP contribution in [-0.2, 0) is 4.74 Å². The van der Waals surface area contributed by atoms with Crippen LogP contribution < -0.4 is 15.6 Å². The van der Waals surface area contributed by atoms with Gasteiger partial charge in [-0.3, -0.25) is 14.3 Å². The minimum absolute atomic E-state index is 0.0957. The fraction of sp³-hybridized carbons (Fsp3) is 0.514. The van der Waals surface area contributed by atoms with Crippen LogP contribution in [0.15, 0.2) is 53.6 Å². The fourth-order valence-electron chi connectivity index (χ4n) is 7.31. The van der Waals surface area contributed by atoms with Crippen molar-refractivity contribution in [1.82, 2.24) is 29.3 Å². The van der Waals surface area contributed by atoms with E-state index in [4.69, 9.17) is 19.4 Å². The Labute approximate surface area is 277 Å². The first-order valence-electron chi connectivity index (χ1n) is 17.3. The zero-order valence-electron chi connectivity index (χ0n) is 28.1. The van der Waals surface area contributed by atoms with Crippen LogP contribution in [0, 0.1) is 6.92 Å². The van der Waals surface area contributed by atoms with Gasteiger partial charge in [0.2, 0.25) is 5.95 Å². The molecule has 3 saturated heterocycles. The third-order valence-electron chi connectivity index (χ3n) is 10.2. The van der Waals surface area contributed by atoms with E-state index in [-0.39, 0.29) is 17.7 Å². The Bertz CT molecular complexity index is 1750. The zero-order valence-corrected chi connectivity index (χ0v) is 28.1. The Balaban J connectivity index is 1.14. The monoisotopic (exact) mass is 637 g/mol. The molecule has 0 radical (unpaired) electrons. The number of anilines is 2. The van der Waals surface area contributed by atoms with E-state index in [2.05, 4.69) is 54.0 Å². The van der Waals surface area contributed by atoms with E-state index >= 15 is 0 Å². The van der Waals surface area contributed by atoms with Crippen LogP contribution in [-0.4, -0.2) is 87.9 Å². The molecular formula is C37H47N7O3. The quantitative estimate of drug-likeness (QED) is 0.252. The summed E-state index contributed by atoms with van der Waals surface area (Å²) in [6.45, 7) is 12.0. The number of benzene rings is 1.